The van der Waals surface area contributed by atoms with Crippen LogP contribution >= 0.6 is 0 Å². The summed E-state index contributed by atoms with van der Waals surface area (Å²) in [6, 6.07) is 15.7. The van der Waals surface area contributed by atoms with Crippen LogP contribution in [0.5, 0.6) is 5.75 Å². The summed E-state index contributed by atoms with van der Waals surface area (Å²) in [7, 11) is 0. The Kier molecular flexibility index (Phi) is 3.67. The minimum Gasteiger partial charge on any atom is -0.491 e. The zero-order valence-electron chi connectivity index (χ0n) is 12.3. The van der Waals surface area contributed by atoms with Crippen molar-refractivity contribution in [3.8, 4) is 5.75 Å². The highest BCUT2D eigenvalue weighted by molar-refractivity contribution is 5.77. The first-order valence-electron chi connectivity index (χ1n) is 7.07. The molecule has 3 heteroatoms. The van der Waals surface area contributed by atoms with Crippen molar-refractivity contribution in [1.82, 2.24) is 0 Å². The molecule has 0 saturated heterocycles. The summed E-state index contributed by atoms with van der Waals surface area (Å²) < 4.78 is 11.6. The van der Waals surface area contributed by atoms with Gasteiger partial charge >= 0.3 is 0 Å². The van der Waals surface area contributed by atoms with Crippen LogP contribution in [0.1, 0.15) is 22.9 Å². The number of hydrogen-bond acceptors (Lipinski definition) is 3. The van der Waals surface area contributed by atoms with Gasteiger partial charge in [-0.15, -0.1) is 0 Å². The molecule has 1 heterocycles. The van der Waals surface area contributed by atoms with Crippen LogP contribution in [0.15, 0.2) is 52.9 Å². The highest BCUT2D eigenvalue weighted by atomic mass is 16.5. The highest BCUT2D eigenvalue weighted by Gasteiger charge is 2.13. The third kappa shape index (κ3) is 2.93. The summed E-state index contributed by atoms with van der Waals surface area (Å²) in [6.45, 7) is 4.50. The number of para-hydroxylation sites is 1. The van der Waals surface area contributed by atoms with Crippen molar-refractivity contribution >= 4 is 11.0 Å². The molecule has 0 amide bonds. The SMILES string of the molecule is Cc1ccc(OCC(N)c2cc3ccccc3o2)c(C)c1. The topological polar surface area (TPSA) is 48.4 Å². The van der Waals surface area contributed by atoms with E-state index in [0.717, 1.165) is 28.0 Å². The van der Waals surface area contributed by atoms with Crippen LogP contribution in [0.4, 0.5) is 0 Å². The van der Waals surface area contributed by atoms with E-state index in [9.17, 15) is 0 Å². The summed E-state index contributed by atoms with van der Waals surface area (Å²) in [5.74, 6) is 1.62. The fourth-order valence-corrected chi connectivity index (χ4v) is 2.41. The van der Waals surface area contributed by atoms with E-state index < -0.39 is 0 Å². The summed E-state index contributed by atoms with van der Waals surface area (Å²) in [5.41, 5.74) is 9.36. The van der Waals surface area contributed by atoms with Gasteiger partial charge in [0.2, 0.25) is 0 Å². The fraction of sp³-hybridized carbons (Fsp3) is 0.222. The molecule has 3 aromatic rings. The van der Waals surface area contributed by atoms with E-state index in [1.54, 1.807) is 0 Å². The molecule has 0 radical (unpaired) electrons. The van der Waals surface area contributed by atoms with Crippen LogP contribution in [0, 0.1) is 13.8 Å². The lowest BCUT2D eigenvalue weighted by Gasteiger charge is -2.13. The van der Waals surface area contributed by atoms with Crippen molar-refractivity contribution in [3.05, 3.63) is 65.4 Å². The van der Waals surface area contributed by atoms with E-state index in [1.807, 2.05) is 49.4 Å². The third-order valence-corrected chi connectivity index (χ3v) is 3.56. The lowest BCUT2D eigenvalue weighted by Crippen LogP contribution is -2.18. The molecular weight excluding hydrogens is 262 g/mol. The number of fused-ring (bicyclic) bond motifs is 1. The van der Waals surface area contributed by atoms with Gasteiger partial charge in [-0.2, -0.15) is 0 Å². The van der Waals surface area contributed by atoms with Gasteiger partial charge in [-0.05, 0) is 37.6 Å². The Morgan fingerprint density at radius 1 is 1.10 bits per heavy atom. The second-order valence-corrected chi connectivity index (χ2v) is 5.37. The second-order valence-electron chi connectivity index (χ2n) is 5.37. The Hall–Kier alpha value is -2.26. The monoisotopic (exact) mass is 281 g/mol. The average Bonchev–Trinajstić information content (AvgIpc) is 2.90. The predicted octanol–water partition coefficient (Wildman–Crippen LogP) is 4.13. The number of nitrogens with two attached hydrogens (primary N) is 1. The number of rotatable bonds is 4. The smallest absolute Gasteiger partial charge is 0.134 e. The molecule has 1 unspecified atom stereocenters. The third-order valence-electron chi connectivity index (χ3n) is 3.56. The van der Waals surface area contributed by atoms with Crippen LogP contribution in [0.3, 0.4) is 0 Å². The molecule has 1 atom stereocenters. The molecule has 3 nitrogen and oxygen atoms in total. The molecular formula is C18H19NO2. The quantitative estimate of drug-likeness (QED) is 0.782. The van der Waals surface area contributed by atoms with Gasteiger partial charge in [0, 0.05) is 5.39 Å². The van der Waals surface area contributed by atoms with E-state index in [4.69, 9.17) is 14.9 Å². The maximum Gasteiger partial charge on any atom is 0.134 e. The maximum absolute atomic E-state index is 6.17. The maximum atomic E-state index is 6.17. The van der Waals surface area contributed by atoms with E-state index >= 15 is 0 Å². The molecule has 3 rings (SSSR count). The van der Waals surface area contributed by atoms with E-state index in [0.29, 0.717) is 6.61 Å². The second kappa shape index (κ2) is 5.62. The van der Waals surface area contributed by atoms with Crippen molar-refractivity contribution < 1.29 is 9.15 Å². The Labute approximate surface area is 124 Å². The van der Waals surface area contributed by atoms with Gasteiger partial charge in [-0.25, -0.2) is 0 Å². The minimum atomic E-state index is -0.280. The molecule has 0 spiro atoms. The molecule has 21 heavy (non-hydrogen) atoms. The minimum absolute atomic E-state index is 0.280. The number of furan rings is 1. The van der Waals surface area contributed by atoms with E-state index in [1.165, 1.54) is 5.56 Å². The standard InChI is InChI=1S/C18H19NO2/c1-12-7-8-16(13(2)9-12)20-11-15(19)18-10-14-5-3-4-6-17(14)21-18/h3-10,15H,11,19H2,1-2H3. The summed E-state index contributed by atoms with van der Waals surface area (Å²) in [5, 5.41) is 1.06. The van der Waals surface area contributed by atoms with Crippen molar-refractivity contribution in [2.24, 2.45) is 5.73 Å². The lowest BCUT2D eigenvalue weighted by molar-refractivity contribution is 0.273. The van der Waals surface area contributed by atoms with E-state index in [-0.39, 0.29) is 6.04 Å². The first-order valence-corrected chi connectivity index (χ1v) is 7.07. The summed E-state index contributed by atoms with van der Waals surface area (Å²) >= 11 is 0. The van der Waals surface area contributed by atoms with Crippen molar-refractivity contribution in [1.29, 1.82) is 0 Å². The summed E-state index contributed by atoms with van der Waals surface area (Å²) in [4.78, 5) is 0. The first-order chi connectivity index (χ1) is 10.1. The number of aryl methyl sites for hydroxylation is 2. The molecule has 2 aromatic carbocycles. The van der Waals surface area contributed by atoms with Crippen molar-refractivity contribution in [2.45, 2.75) is 19.9 Å². The van der Waals surface area contributed by atoms with Gasteiger partial charge in [0.15, 0.2) is 0 Å². The van der Waals surface area contributed by atoms with Gasteiger partial charge < -0.3 is 14.9 Å². The molecule has 2 N–H and O–H groups in total. The van der Waals surface area contributed by atoms with E-state index in [2.05, 4.69) is 13.0 Å². The highest BCUT2D eigenvalue weighted by Crippen LogP contribution is 2.24. The Balaban J connectivity index is 1.72. The number of benzene rings is 2. The lowest BCUT2D eigenvalue weighted by atomic mass is 10.1. The molecule has 108 valence electrons. The van der Waals surface area contributed by atoms with Gasteiger partial charge in [0.05, 0.1) is 6.04 Å². The zero-order chi connectivity index (χ0) is 14.8. The molecule has 0 aliphatic rings. The Morgan fingerprint density at radius 3 is 2.67 bits per heavy atom. The first kappa shape index (κ1) is 13.7. The normalized spacial score (nSPS) is 12.5. The molecule has 0 fully saturated rings. The van der Waals surface area contributed by atoms with Gasteiger partial charge in [-0.1, -0.05) is 35.9 Å². The zero-order valence-corrected chi connectivity index (χ0v) is 12.3. The van der Waals surface area contributed by atoms with Crippen molar-refractivity contribution in [3.63, 3.8) is 0 Å². The molecule has 1 aromatic heterocycles. The number of hydrogen-bond donors (Lipinski definition) is 1. The molecule has 0 saturated carbocycles. The van der Waals surface area contributed by atoms with Gasteiger partial charge in [0.25, 0.3) is 0 Å². The van der Waals surface area contributed by atoms with Gasteiger partial charge in [-0.3, -0.25) is 0 Å². The molecule has 0 aliphatic heterocycles. The number of ether oxygens (including phenoxy) is 1. The Bertz CT molecular complexity index is 728. The molecule has 0 bridgehead atoms. The van der Waals surface area contributed by atoms with Crippen molar-refractivity contribution in [2.75, 3.05) is 6.61 Å². The molecule has 0 aliphatic carbocycles. The van der Waals surface area contributed by atoms with Crippen LogP contribution in [0.25, 0.3) is 11.0 Å². The average molecular weight is 281 g/mol. The largest absolute Gasteiger partial charge is 0.491 e. The van der Waals surface area contributed by atoms with Crippen LogP contribution < -0.4 is 10.5 Å². The summed E-state index contributed by atoms with van der Waals surface area (Å²) in [6.07, 6.45) is 0. The Morgan fingerprint density at radius 2 is 1.90 bits per heavy atom. The van der Waals surface area contributed by atoms with Crippen LogP contribution in [-0.4, -0.2) is 6.61 Å². The fourth-order valence-electron chi connectivity index (χ4n) is 2.41. The predicted molar refractivity (Wildman–Crippen MR) is 84.6 cm³/mol. The van der Waals surface area contributed by atoms with Crippen LogP contribution in [-0.2, 0) is 0 Å². The van der Waals surface area contributed by atoms with Gasteiger partial charge in [0.1, 0.15) is 23.7 Å². The van der Waals surface area contributed by atoms with Crippen LogP contribution in [0.2, 0.25) is 0 Å².